The third kappa shape index (κ3) is 5.36. The van der Waals surface area contributed by atoms with Crippen molar-refractivity contribution in [3.8, 4) is 17.2 Å². The summed E-state index contributed by atoms with van der Waals surface area (Å²) in [5, 5.41) is 22.1. The quantitative estimate of drug-likeness (QED) is 0.109. The summed E-state index contributed by atoms with van der Waals surface area (Å²) in [5.41, 5.74) is -4.15. The van der Waals surface area contributed by atoms with E-state index in [1.165, 1.54) is 24.3 Å². The number of nitro benzene ring substituents is 2. The summed E-state index contributed by atoms with van der Waals surface area (Å²) in [6.07, 6.45) is -5.18. The summed E-state index contributed by atoms with van der Waals surface area (Å²) in [4.78, 5) is 46.2. The second-order valence-electron chi connectivity index (χ2n) is 7.82. The fraction of sp³-hybridized carbons (Fsp3) is 0.0833. The molecule has 0 atom stereocenters. The molecule has 0 aliphatic heterocycles. The summed E-state index contributed by atoms with van der Waals surface area (Å²) in [6.45, 7) is 1.12. The van der Waals surface area contributed by atoms with Crippen molar-refractivity contribution in [3.05, 3.63) is 107 Å². The third-order valence-corrected chi connectivity index (χ3v) is 5.63. The molecule has 0 unspecified atom stereocenters. The minimum atomic E-state index is -5.18. The molecule has 0 saturated carbocycles. The molecule has 0 amide bonds. The van der Waals surface area contributed by atoms with Crippen LogP contribution in [0.15, 0.2) is 63.8 Å². The number of carbonyl (C=O) groups excluding carboxylic acids is 1. The minimum absolute atomic E-state index is 0.0658. The molecule has 0 saturated heterocycles. The van der Waals surface area contributed by atoms with Crippen LogP contribution in [0.3, 0.4) is 0 Å². The van der Waals surface area contributed by atoms with Gasteiger partial charge in [0.15, 0.2) is 0 Å². The molecule has 200 valence electrons. The van der Waals surface area contributed by atoms with Crippen molar-refractivity contribution >= 4 is 39.9 Å². The van der Waals surface area contributed by atoms with E-state index in [9.17, 15) is 43.0 Å². The van der Waals surface area contributed by atoms with Crippen LogP contribution in [-0.2, 0) is 6.18 Å². The first-order valence-electron chi connectivity index (χ1n) is 10.5. The highest BCUT2D eigenvalue weighted by atomic mass is 35.5. The summed E-state index contributed by atoms with van der Waals surface area (Å²) < 4.78 is 56.5. The zero-order valence-corrected chi connectivity index (χ0v) is 20.0. The number of benzene rings is 3. The summed E-state index contributed by atoms with van der Waals surface area (Å²) in [7, 11) is 0. The Bertz CT molecular complexity index is 1700. The number of rotatable bonds is 6. The molecule has 4 rings (SSSR count). The third-order valence-electron chi connectivity index (χ3n) is 5.32. The molecular weight excluding hydrogens is 553 g/mol. The molecule has 0 fully saturated rings. The van der Waals surface area contributed by atoms with Gasteiger partial charge >= 0.3 is 12.1 Å². The van der Waals surface area contributed by atoms with Gasteiger partial charge in [0.05, 0.1) is 25.8 Å². The standard InChI is InChI=1S/C24H12ClF3N2O9/c1-11-16(29(33)34)8-12(9-17(11)30(35)36)23(32)37-13-6-7-14-19(10-13)39-22(24(26,27)28)21(20(14)31)38-18-5-3-2-4-15(18)25/h2-10H,1H3. The lowest BCUT2D eigenvalue weighted by Gasteiger charge is -2.14. The Hall–Kier alpha value is -4.98. The molecular formula is C24H12ClF3N2O9. The van der Waals surface area contributed by atoms with Gasteiger partial charge in [0.2, 0.25) is 11.2 Å². The van der Waals surface area contributed by atoms with E-state index in [4.69, 9.17) is 25.5 Å². The number of ether oxygens (including phenoxy) is 2. The number of fused-ring (bicyclic) bond motifs is 1. The van der Waals surface area contributed by atoms with Crippen LogP contribution in [-0.4, -0.2) is 15.8 Å². The number of alkyl halides is 3. The van der Waals surface area contributed by atoms with Gasteiger partial charge in [-0.2, -0.15) is 13.2 Å². The maximum Gasteiger partial charge on any atom is 0.453 e. The van der Waals surface area contributed by atoms with Crippen molar-refractivity contribution in [2.45, 2.75) is 13.1 Å². The maximum absolute atomic E-state index is 13.8. The van der Waals surface area contributed by atoms with Gasteiger partial charge in [-0.05, 0) is 31.2 Å². The van der Waals surface area contributed by atoms with E-state index >= 15 is 0 Å². The van der Waals surface area contributed by atoms with Crippen LogP contribution in [0.4, 0.5) is 24.5 Å². The van der Waals surface area contributed by atoms with Gasteiger partial charge in [-0.3, -0.25) is 25.0 Å². The van der Waals surface area contributed by atoms with Crippen LogP contribution in [0.5, 0.6) is 17.2 Å². The highest BCUT2D eigenvalue weighted by molar-refractivity contribution is 6.32. The maximum atomic E-state index is 13.8. The fourth-order valence-corrected chi connectivity index (χ4v) is 3.66. The number of halogens is 4. The first kappa shape index (κ1) is 27.1. The molecule has 4 aromatic rings. The molecule has 0 aliphatic carbocycles. The van der Waals surface area contributed by atoms with Crippen LogP contribution in [0.25, 0.3) is 11.0 Å². The molecule has 11 nitrogen and oxygen atoms in total. The second kappa shape index (κ2) is 10.1. The summed E-state index contributed by atoms with van der Waals surface area (Å²) in [6, 6.07) is 9.87. The highest BCUT2D eigenvalue weighted by Crippen LogP contribution is 2.40. The Labute approximate surface area is 219 Å². The van der Waals surface area contributed by atoms with Crippen LogP contribution in [0, 0.1) is 27.2 Å². The van der Waals surface area contributed by atoms with Gasteiger partial charge in [0, 0.05) is 18.2 Å². The Balaban J connectivity index is 1.77. The van der Waals surface area contributed by atoms with Crippen LogP contribution in [0.2, 0.25) is 5.02 Å². The lowest BCUT2D eigenvalue weighted by Crippen LogP contribution is -2.16. The van der Waals surface area contributed by atoms with Crippen molar-refractivity contribution in [1.82, 2.24) is 0 Å². The molecule has 39 heavy (non-hydrogen) atoms. The average molecular weight is 565 g/mol. The molecule has 0 radical (unpaired) electrons. The van der Waals surface area contributed by atoms with Gasteiger partial charge in [-0.25, -0.2) is 4.79 Å². The van der Waals surface area contributed by atoms with Crippen molar-refractivity contribution in [1.29, 1.82) is 0 Å². The Kier molecular flexibility index (Phi) is 6.98. The monoisotopic (exact) mass is 564 g/mol. The van der Waals surface area contributed by atoms with Gasteiger partial charge < -0.3 is 13.9 Å². The molecule has 3 aromatic carbocycles. The molecule has 0 aliphatic rings. The number of esters is 1. The lowest BCUT2D eigenvalue weighted by atomic mass is 10.1. The van der Waals surface area contributed by atoms with E-state index in [1.807, 2.05) is 0 Å². The largest absolute Gasteiger partial charge is 0.453 e. The highest BCUT2D eigenvalue weighted by Gasteiger charge is 2.40. The molecule has 1 aromatic heterocycles. The predicted molar refractivity (Wildman–Crippen MR) is 128 cm³/mol. The molecule has 0 spiro atoms. The molecule has 1 heterocycles. The van der Waals surface area contributed by atoms with E-state index in [0.717, 1.165) is 37.3 Å². The zero-order chi connectivity index (χ0) is 28.6. The number of nitrogens with zero attached hydrogens (tertiary/aromatic N) is 2. The smallest absolute Gasteiger partial charge is 0.448 e. The molecule has 15 heteroatoms. The van der Waals surface area contributed by atoms with Gasteiger partial charge in [0.1, 0.15) is 22.6 Å². The lowest BCUT2D eigenvalue weighted by molar-refractivity contribution is -0.395. The van der Waals surface area contributed by atoms with Crippen LogP contribution < -0.4 is 14.9 Å². The van der Waals surface area contributed by atoms with E-state index in [-0.39, 0.29) is 21.7 Å². The number of hydrogen-bond acceptors (Lipinski definition) is 9. The normalized spacial score (nSPS) is 11.3. The van der Waals surface area contributed by atoms with E-state index in [1.54, 1.807) is 0 Å². The van der Waals surface area contributed by atoms with E-state index in [0.29, 0.717) is 0 Å². The summed E-state index contributed by atoms with van der Waals surface area (Å²) in [5.74, 6) is -4.91. The molecule has 0 bridgehead atoms. The van der Waals surface area contributed by atoms with Gasteiger partial charge in [-0.15, -0.1) is 0 Å². The van der Waals surface area contributed by atoms with E-state index in [2.05, 4.69) is 0 Å². The van der Waals surface area contributed by atoms with Crippen molar-refractivity contribution in [2.75, 3.05) is 0 Å². The van der Waals surface area contributed by atoms with Crippen LogP contribution >= 0.6 is 11.6 Å². The molecule has 0 N–H and O–H groups in total. The Morgan fingerprint density at radius 2 is 1.62 bits per heavy atom. The van der Waals surface area contributed by atoms with Crippen molar-refractivity contribution in [3.63, 3.8) is 0 Å². The number of carbonyl (C=O) groups is 1. The number of hydrogen-bond donors (Lipinski definition) is 0. The number of nitro groups is 2. The topological polar surface area (TPSA) is 152 Å². The average Bonchev–Trinajstić information content (AvgIpc) is 2.85. The van der Waals surface area contributed by atoms with E-state index < -0.39 is 67.2 Å². The second-order valence-corrected chi connectivity index (χ2v) is 8.23. The van der Waals surface area contributed by atoms with Gasteiger partial charge in [0.25, 0.3) is 17.1 Å². The predicted octanol–water partition coefficient (Wildman–Crippen LogP) is 6.60. The van der Waals surface area contributed by atoms with Gasteiger partial charge in [-0.1, -0.05) is 23.7 Å². The summed E-state index contributed by atoms with van der Waals surface area (Å²) >= 11 is 5.93. The SMILES string of the molecule is Cc1c([N+](=O)[O-])cc(C(=O)Oc2ccc3c(=O)c(Oc4ccccc4Cl)c(C(F)(F)F)oc3c2)cc1[N+](=O)[O-]. The van der Waals surface area contributed by atoms with Crippen LogP contribution in [0.1, 0.15) is 21.7 Å². The van der Waals surface area contributed by atoms with Crippen molar-refractivity contribution < 1.29 is 41.7 Å². The fourth-order valence-electron chi connectivity index (χ4n) is 3.48. The first-order valence-corrected chi connectivity index (χ1v) is 10.9. The minimum Gasteiger partial charge on any atom is -0.448 e. The van der Waals surface area contributed by atoms with Crippen molar-refractivity contribution in [2.24, 2.45) is 0 Å². The number of para-hydroxylation sites is 1. The first-order chi connectivity index (χ1) is 18.3. The zero-order valence-electron chi connectivity index (χ0n) is 19.3. The Morgan fingerprint density at radius 3 is 2.18 bits per heavy atom. The Morgan fingerprint density at radius 1 is 1.00 bits per heavy atom.